The Balaban J connectivity index is 0.914. The summed E-state index contributed by atoms with van der Waals surface area (Å²) in [6.45, 7) is 12.7. The Morgan fingerprint density at radius 1 is 0.966 bits per heavy atom. The topological polar surface area (TPSA) is 193 Å². The van der Waals surface area contributed by atoms with Crippen molar-refractivity contribution in [1.82, 2.24) is 40.3 Å². The van der Waals surface area contributed by atoms with E-state index in [2.05, 4.69) is 35.4 Å². The molecule has 59 heavy (non-hydrogen) atoms. The lowest BCUT2D eigenvalue weighted by atomic mass is 9.85. The molecule has 0 bridgehead atoms. The van der Waals surface area contributed by atoms with Gasteiger partial charge in [0.15, 0.2) is 0 Å². The number of piperidine rings is 1. The molecule has 0 aliphatic carbocycles. The summed E-state index contributed by atoms with van der Waals surface area (Å²) in [5.74, 6) is 0.470. The molecule has 3 aliphatic heterocycles. The highest BCUT2D eigenvalue weighted by Crippen LogP contribution is 2.30. The van der Waals surface area contributed by atoms with Gasteiger partial charge in [0.05, 0.1) is 23.1 Å². The first kappa shape index (κ1) is 44.2. The average Bonchev–Trinajstić information content (AvgIpc) is 3.84. The number of aliphatic hydroxyl groups is 1. The highest BCUT2D eigenvalue weighted by atomic mass is 35.5. The van der Waals surface area contributed by atoms with Crippen molar-refractivity contribution < 1.29 is 24.3 Å². The van der Waals surface area contributed by atoms with Gasteiger partial charge in [-0.15, -0.1) is 0 Å². The smallest absolute Gasteiger partial charge is 0.246 e. The van der Waals surface area contributed by atoms with Crippen LogP contribution >= 0.6 is 11.6 Å². The molecule has 3 saturated heterocycles. The summed E-state index contributed by atoms with van der Waals surface area (Å²) in [5.41, 5.74) is 7.06. The fraction of sp³-hybridized carbons (Fsp3) is 0.628. The highest BCUT2D eigenvalue weighted by molar-refractivity contribution is 6.30. The number of piperazine rings is 1. The third-order valence-corrected chi connectivity index (χ3v) is 12.6. The number of hydrogen-bond donors (Lipinski definition) is 5. The molecule has 6 rings (SSSR count). The van der Waals surface area contributed by atoms with Crippen molar-refractivity contribution in [3.63, 3.8) is 0 Å². The molecule has 5 heterocycles. The summed E-state index contributed by atoms with van der Waals surface area (Å²) in [6, 6.07) is 8.53. The number of β-amino-alcohol motifs (C(OH)–C–C–N with tert-alkyl or cyclic N) is 1. The molecule has 0 radical (unpaired) electrons. The zero-order chi connectivity index (χ0) is 42.3. The van der Waals surface area contributed by atoms with Gasteiger partial charge in [0.25, 0.3) is 0 Å². The number of carbonyl (C=O) groups is 4. The van der Waals surface area contributed by atoms with E-state index in [1.54, 1.807) is 11.2 Å². The lowest BCUT2D eigenvalue weighted by molar-refractivity contribution is -0.140. The second kappa shape index (κ2) is 19.4. The number of nitrogens with two attached hydrogens (primary N) is 1. The summed E-state index contributed by atoms with van der Waals surface area (Å²) in [6.07, 6.45) is 7.82. The number of carbonyl (C=O) groups excluding carboxylic acids is 4. The van der Waals surface area contributed by atoms with Crippen LogP contribution in [-0.2, 0) is 19.2 Å². The van der Waals surface area contributed by atoms with Crippen LogP contribution in [0.2, 0.25) is 5.02 Å². The molecule has 2 aromatic heterocycles. The predicted octanol–water partition coefficient (Wildman–Crippen LogP) is 3.76. The van der Waals surface area contributed by atoms with E-state index in [9.17, 15) is 24.3 Å². The second-order valence-corrected chi connectivity index (χ2v) is 18.3. The zero-order valence-corrected chi connectivity index (χ0v) is 35.8. The van der Waals surface area contributed by atoms with Crippen molar-refractivity contribution in [3.05, 3.63) is 53.4 Å². The van der Waals surface area contributed by atoms with E-state index in [4.69, 9.17) is 17.3 Å². The largest absolute Gasteiger partial charge is 0.391 e. The van der Waals surface area contributed by atoms with Crippen molar-refractivity contribution in [2.45, 2.75) is 115 Å². The van der Waals surface area contributed by atoms with Crippen LogP contribution in [0.25, 0.3) is 11.0 Å². The first-order valence-corrected chi connectivity index (χ1v) is 21.7. The minimum absolute atomic E-state index is 0.0687. The van der Waals surface area contributed by atoms with Gasteiger partial charge in [-0.25, -0.2) is 9.97 Å². The maximum Gasteiger partial charge on any atom is 0.246 e. The Morgan fingerprint density at radius 2 is 1.66 bits per heavy atom. The van der Waals surface area contributed by atoms with E-state index in [1.165, 1.54) is 0 Å². The van der Waals surface area contributed by atoms with E-state index >= 15 is 0 Å². The molecule has 15 nitrogen and oxygen atoms in total. The number of aliphatic hydroxyl groups excluding tert-OH is 1. The molecule has 3 aromatic rings. The molecule has 6 N–H and O–H groups in total. The number of nitrogens with zero attached hydrogens (tertiary/aromatic N) is 6. The number of rotatable bonds is 15. The summed E-state index contributed by atoms with van der Waals surface area (Å²) in [7, 11) is 0. The van der Waals surface area contributed by atoms with Crippen LogP contribution in [-0.4, -0.2) is 134 Å². The summed E-state index contributed by atoms with van der Waals surface area (Å²) >= 11 is 6.23. The maximum absolute atomic E-state index is 13.9. The highest BCUT2D eigenvalue weighted by Gasteiger charge is 2.41. The summed E-state index contributed by atoms with van der Waals surface area (Å²) in [4.78, 5) is 73.3. The van der Waals surface area contributed by atoms with Crippen molar-refractivity contribution in [3.8, 4) is 0 Å². The number of halogens is 1. The molecule has 3 aliphatic rings. The number of H-pyrrole nitrogens is 1. The third-order valence-electron chi connectivity index (χ3n) is 12.3. The van der Waals surface area contributed by atoms with Gasteiger partial charge in [-0.2, -0.15) is 0 Å². The van der Waals surface area contributed by atoms with Gasteiger partial charge in [0.1, 0.15) is 23.8 Å². The van der Waals surface area contributed by atoms with Crippen molar-refractivity contribution in [1.29, 1.82) is 0 Å². The number of nitrogens with one attached hydrogen (secondary N) is 3. The SMILES string of the molecule is C[C@@H]1C[C@@H](O)CN1C(=O)[C@@H](NC(=O)CCCCCC(=O)N1CCN(CC[C@H](NC(=O)C2(N)CCN(c3ncnc4[nH]ccc34)CC2)c2ccc(Cl)cc2)CC1)C(C)(C)C. The molecule has 322 valence electrons. The van der Waals surface area contributed by atoms with Crippen LogP contribution < -0.4 is 21.3 Å². The van der Waals surface area contributed by atoms with E-state index < -0.39 is 23.1 Å². The minimum atomic E-state index is -1.02. The Hall–Kier alpha value is -4.31. The van der Waals surface area contributed by atoms with E-state index in [1.807, 2.05) is 69.1 Å². The van der Waals surface area contributed by atoms with E-state index in [-0.39, 0.29) is 48.7 Å². The second-order valence-electron chi connectivity index (χ2n) is 17.8. The Kier molecular flexibility index (Phi) is 14.5. The number of anilines is 1. The van der Waals surface area contributed by atoms with Gasteiger partial charge >= 0.3 is 0 Å². The van der Waals surface area contributed by atoms with Gasteiger partial charge in [-0.05, 0) is 74.6 Å². The molecule has 4 atom stereocenters. The van der Waals surface area contributed by atoms with Gasteiger partial charge < -0.3 is 41.2 Å². The van der Waals surface area contributed by atoms with Crippen molar-refractivity contribution >= 4 is 52.1 Å². The molecular formula is C43H63ClN10O5. The fourth-order valence-corrected chi connectivity index (χ4v) is 8.69. The predicted molar refractivity (Wildman–Crippen MR) is 228 cm³/mol. The molecule has 1 aromatic carbocycles. The monoisotopic (exact) mass is 834 g/mol. The van der Waals surface area contributed by atoms with Crippen molar-refractivity contribution in [2.24, 2.45) is 11.1 Å². The fourth-order valence-electron chi connectivity index (χ4n) is 8.56. The lowest BCUT2D eigenvalue weighted by Gasteiger charge is -2.39. The molecule has 16 heteroatoms. The van der Waals surface area contributed by atoms with Crippen LogP contribution in [0.4, 0.5) is 5.82 Å². The van der Waals surface area contributed by atoms with E-state index in [0.717, 1.165) is 48.5 Å². The zero-order valence-electron chi connectivity index (χ0n) is 35.1. The molecule has 0 saturated carbocycles. The number of unbranched alkanes of at least 4 members (excludes halogenated alkanes) is 2. The quantitative estimate of drug-likeness (QED) is 0.141. The maximum atomic E-state index is 13.9. The van der Waals surface area contributed by atoms with Crippen LogP contribution in [0.15, 0.2) is 42.9 Å². The standard InChI is InChI=1S/C43H63ClN10O5/c1-29-26-32(55)27-54(29)40(58)37(42(2,3)4)50-35(56)8-6-5-7-9-36(57)52-24-22-51(23-25-52)19-15-34(30-10-12-31(44)13-11-30)49-41(59)43(45)16-20-53(21-17-43)39-33-14-18-46-38(33)47-28-48-39/h10-14,18,28-29,32,34,37,55H,5-9,15-17,19-27,45H2,1-4H3,(H,49,59)(H,50,56)(H,46,47,48)/t29-,32-,34+,37-/m1/s1. The Labute approximate surface area is 352 Å². The average molecular weight is 835 g/mol. The number of aromatic nitrogens is 3. The number of aromatic amines is 1. The van der Waals surface area contributed by atoms with Gasteiger partial charge in [0, 0.05) is 82.5 Å². The van der Waals surface area contributed by atoms with Gasteiger partial charge in [0.2, 0.25) is 23.6 Å². The van der Waals surface area contributed by atoms with Gasteiger partial charge in [-0.1, -0.05) is 50.9 Å². The summed E-state index contributed by atoms with van der Waals surface area (Å²) < 4.78 is 0. The first-order valence-electron chi connectivity index (χ1n) is 21.3. The third kappa shape index (κ3) is 11.3. The number of hydrogen-bond acceptors (Lipinski definition) is 10. The number of amides is 4. The lowest BCUT2D eigenvalue weighted by Crippen LogP contribution is -2.60. The van der Waals surface area contributed by atoms with Gasteiger partial charge in [-0.3, -0.25) is 24.1 Å². The number of benzene rings is 1. The van der Waals surface area contributed by atoms with E-state index in [0.29, 0.717) is 76.1 Å². The molecule has 0 unspecified atom stereocenters. The van der Waals surface area contributed by atoms with Crippen LogP contribution in [0.3, 0.4) is 0 Å². The Morgan fingerprint density at radius 3 is 2.32 bits per heavy atom. The van der Waals surface area contributed by atoms with Crippen LogP contribution in [0.1, 0.15) is 97.1 Å². The Bertz CT molecular complexity index is 1900. The molecule has 4 amide bonds. The molecule has 0 spiro atoms. The van der Waals surface area contributed by atoms with Crippen LogP contribution in [0.5, 0.6) is 0 Å². The normalized spacial score (nSPS) is 21.0. The molecular weight excluding hydrogens is 772 g/mol. The number of likely N-dealkylation sites (tertiary alicyclic amines) is 1. The number of fused-ring (bicyclic) bond motifs is 1. The van der Waals surface area contributed by atoms with Crippen LogP contribution in [0, 0.1) is 5.41 Å². The molecule has 3 fully saturated rings. The van der Waals surface area contributed by atoms with Crippen molar-refractivity contribution in [2.75, 3.05) is 57.3 Å². The minimum Gasteiger partial charge on any atom is -0.391 e. The first-order chi connectivity index (χ1) is 28.1. The summed E-state index contributed by atoms with van der Waals surface area (Å²) in [5, 5.41) is 17.9.